The molecule has 70 heavy (non-hydrogen) atoms. The molecule has 2 aliphatic heterocycles. The van der Waals surface area contributed by atoms with E-state index < -0.39 is 24.4 Å². The van der Waals surface area contributed by atoms with Crippen molar-refractivity contribution in [1.82, 2.24) is 19.9 Å². The van der Waals surface area contributed by atoms with Crippen LogP contribution >= 0.6 is 0 Å². The lowest BCUT2D eigenvalue weighted by atomic mass is 9.77. The lowest BCUT2D eigenvalue weighted by Gasteiger charge is -2.25. The topological polar surface area (TPSA) is 185 Å². The Hall–Kier alpha value is -8.06. The first kappa shape index (κ1) is 51.3. The van der Waals surface area contributed by atoms with Crippen LogP contribution in [0.3, 0.4) is 0 Å². The maximum Gasteiger partial charge on any atom is 0.135 e. The van der Waals surface area contributed by atoms with Crippen LogP contribution in [-0.4, -0.2) is 64.1 Å². The fourth-order valence-corrected chi connectivity index (χ4v) is 8.12. The molecule has 0 aliphatic carbocycles. The molecule has 6 atom stereocenters. The van der Waals surface area contributed by atoms with E-state index in [1.54, 1.807) is 122 Å². The second-order valence-electron chi connectivity index (χ2n) is 16.4. The fourth-order valence-electron chi connectivity index (χ4n) is 8.12. The molecule has 8 aromatic rings. The predicted molar refractivity (Wildman–Crippen MR) is 267 cm³/mol. The molecule has 10 rings (SSSR count). The first-order valence-electron chi connectivity index (χ1n) is 23.1. The van der Waals surface area contributed by atoms with E-state index in [1.165, 1.54) is 0 Å². The third-order valence-corrected chi connectivity index (χ3v) is 11.5. The number of nitrogens with zero attached hydrogens (tertiary/aromatic N) is 4. The Morgan fingerprint density at radius 2 is 0.629 bits per heavy atom. The number of carbonyl (C=O) groups excluding carboxylic acids is 2. The molecular weight excluding hydrogens is 881 g/mol. The molecule has 12 heteroatoms. The number of benzene rings is 4. The van der Waals surface area contributed by atoms with Crippen molar-refractivity contribution < 1.29 is 39.5 Å². The molecule has 2 fully saturated rings. The number of rotatable bonds is 12. The molecule has 4 aromatic heterocycles. The minimum atomic E-state index is -0.480. The fraction of sp³-hybridized carbons (Fsp3) is 0.207. The number of ether oxygens (including phenoxy) is 2. The van der Waals surface area contributed by atoms with Crippen LogP contribution in [0.1, 0.15) is 60.1 Å². The van der Waals surface area contributed by atoms with Gasteiger partial charge in [0.15, 0.2) is 0 Å². The molecule has 0 spiro atoms. The van der Waals surface area contributed by atoms with Gasteiger partial charge in [-0.25, -0.2) is 0 Å². The maximum absolute atomic E-state index is 13.4. The Kier molecular flexibility index (Phi) is 20.8. The molecular formula is C58H58N4O8. The van der Waals surface area contributed by atoms with Crippen LogP contribution in [0.4, 0.5) is 0 Å². The summed E-state index contributed by atoms with van der Waals surface area (Å²) < 4.78 is 13.4. The van der Waals surface area contributed by atoms with Crippen LogP contribution in [-0.2, 0) is 31.9 Å². The van der Waals surface area contributed by atoms with E-state index in [2.05, 4.69) is 19.9 Å². The van der Waals surface area contributed by atoms with Gasteiger partial charge < -0.3 is 29.9 Å². The highest BCUT2D eigenvalue weighted by Gasteiger charge is 2.58. The monoisotopic (exact) mass is 938 g/mol. The van der Waals surface area contributed by atoms with E-state index in [4.69, 9.17) is 9.47 Å². The van der Waals surface area contributed by atoms with Crippen LogP contribution in [0.25, 0.3) is 0 Å². The molecule has 0 radical (unpaired) electrons. The van der Waals surface area contributed by atoms with Gasteiger partial charge in [0.25, 0.3) is 0 Å². The third kappa shape index (κ3) is 17.2. The summed E-state index contributed by atoms with van der Waals surface area (Å²) in [4.78, 5) is 41.9. The standard InChI is InChI=1S/C38H38O8.4C5H5N/c39-27-11-1-23(2-12-27)5-15-31(43)21-33-35-36(38(45-33)26-9-19-30(42)20-10-26)34(46-37(35)25-7-17-29(41)18-8-25)22-32(44)16-6-24-3-13-28(40)14-4-24;4*1-2-4-6-5-3-1/h1-4,7-14,17-20,33-42H,5-6,15-16,21-22H2;4*1-5H/t33-,34-,35+,36+,37-,38-;;;;/m0..../s1. The number of hydrogen-bond acceptors (Lipinski definition) is 12. The number of hydrogen-bond donors (Lipinski definition) is 4. The van der Waals surface area contributed by atoms with E-state index in [-0.39, 0.29) is 59.2 Å². The molecule has 2 aliphatic rings. The zero-order valence-electron chi connectivity index (χ0n) is 38.7. The van der Waals surface area contributed by atoms with Crippen molar-refractivity contribution in [2.45, 2.75) is 62.9 Å². The SMILES string of the molecule is O=C(CCc1ccc(O)cc1)C[C@@H]1O[C@@H](c2ccc(O)cc2)[C@H]2[C@@H]1[C@H](c1ccc(O)cc1)O[C@H]2CC(=O)CCc1ccc(O)cc1.c1ccncc1.c1ccncc1.c1ccncc1.c1ccncc1. The third-order valence-electron chi connectivity index (χ3n) is 11.5. The smallest absolute Gasteiger partial charge is 0.135 e. The van der Waals surface area contributed by atoms with Crippen LogP contribution in [0.5, 0.6) is 23.0 Å². The van der Waals surface area contributed by atoms with Crippen molar-refractivity contribution in [2.24, 2.45) is 11.8 Å². The van der Waals surface area contributed by atoms with E-state index in [9.17, 15) is 30.0 Å². The molecule has 12 nitrogen and oxygen atoms in total. The van der Waals surface area contributed by atoms with Gasteiger partial charge in [0.2, 0.25) is 0 Å². The maximum atomic E-state index is 13.4. The Labute approximate surface area is 409 Å². The van der Waals surface area contributed by atoms with Gasteiger partial charge in [-0.05, 0) is 132 Å². The van der Waals surface area contributed by atoms with Crippen LogP contribution in [0, 0.1) is 11.8 Å². The minimum Gasteiger partial charge on any atom is -0.508 e. The Balaban J connectivity index is 0.000000268. The van der Waals surface area contributed by atoms with Gasteiger partial charge in [-0.1, -0.05) is 72.8 Å². The molecule has 0 amide bonds. The zero-order chi connectivity index (χ0) is 49.2. The average Bonchev–Trinajstić information content (AvgIpc) is 3.97. The second-order valence-corrected chi connectivity index (χ2v) is 16.4. The molecule has 358 valence electrons. The van der Waals surface area contributed by atoms with Crippen molar-refractivity contribution >= 4 is 11.6 Å². The van der Waals surface area contributed by atoms with Crippen molar-refractivity contribution in [3.63, 3.8) is 0 Å². The normalized spacial score (nSPS) is 18.3. The van der Waals surface area contributed by atoms with Crippen molar-refractivity contribution in [1.29, 1.82) is 0 Å². The number of phenols is 4. The van der Waals surface area contributed by atoms with Gasteiger partial charge in [-0.15, -0.1) is 0 Å². The first-order chi connectivity index (χ1) is 34.2. The molecule has 2 saturated heterocycles. The highest BCUT2D eigenvalue weighted by molar-refractivity contribution is 5.80. The van der Waals surface area contributed by atoms with Gasteiger partial charge in [-0.3, -0.25) is 29.5 Å². The molecule has 6 heterocycles. The summed E-state index contributed by atoms with van der Waals surface area (Å²) in [6, 6.07) is 50.2. The van der Waals surface area contributed by atoms with Crippen LogP contribution in [0.2, 0.25) is 0 Å². The van der Waals surface area contributed by atoms with E-state index in [1.807, 2.05) is 97.1 Å². The predicted octanol–water partition coefficient (Wildman–Crippen LogP) is 10.8. The highest BCUT2D eigenvalue weighted by atomic mass is 16.5. The van der Waals surface area contributed by atoms with Gasteiger partial charge >= 0.3 is 0 Å². The number of aryl methyl sites for hydroxylation is 2. The largest absolute Gasteiger partial charge is 0.508 e. The molecule has 4 aromatic carbocycles. The highest BCUT2D eigenvalue weighted by Crippen LogP contribution is 2.57. The average molecular weight is 939 g/mol. The second kappa shape index (κ2) is 28.3. The summed E-state index contributed by atoms with van der Waals surface area (Å²) in [7, 11) is 0. The first-order valence-corrected chi connectivity index (χ1v) is 23.1. The zero-order valence-corrected chi connectivity index (χ0v) is 38.7. The quantitative estimate of drug-likeness (QED) is 0.0910. The van der Waals surface area contributed by atoms with Crippen molar-refractivity contribution in [3.8, 4) is 23.0 Å². The minimum absolute atomic E-state index is 0.0426. The Bertz CT molecular complexity index is 2290. The van der Waals surface area contributed by atoms with Gasteiger partial charge in [0, 0.05) is 87.1 Å². The molecule has 0 unspecified atom stereocenters. The Morgan fingerprint density at radius 1 is 0.371 bits per heavy atom. The molecule has 4 N–H and O–H groups in total. The Morgan fingerprint density at radius 3 is 0.857 bits per heavy atom. The summed E-state index contributed by atoms with van der Waals surface area (Å²) in [6.07, 6.45) is 14.2. The van der Waals surface area contributed by atoms with E-state index in [0.29, 0.717) is 25.7 Å². The number of ketones is 2. The van der Waals surface area contributed by atoms with Gasteiger partial charge in [-0.2, -0.15) is 0 Å². The molecule has 0 bridgehead atoms. The summed E-state index contributed by atoms with van der Waals surface area (Å²) >= 11 is 0. The number of phenolic OH excluding ortho intramolecular Hbond substituents is 4. The van der Waals surface area contributed by atoms with Gasteiger partial charge in [0.1, 0.15) is 34.6 Å². The molecule has 0 saturated carbocycles. The number of carbonyl (C=O) groups is 2. The van der Waals surface area contributed by atoms with Crippen LogP contribution in [0.15, 0.2) is 219 Å². The number of aromatic hydroxyl groups is 4. The summed E-state index contributed by atoms with van der Waals surface area (Å²) in [6.45, 7) is 0. The summed E-state index contributed by atoms with van der Waals surface area (Å²) in [5.74, 6) is 0.217. The summed E-state index contributed by atoms with van der Waals surface area (Å²) in [5, 5.41) is 39.1. The van der Waals surface area contributed by atoms with E-state index in [0.717, 1.165) is 22.3 Å². The lowest BCUT2D eigenvalue weighted by molar-refractivity contribution is -0.125. The number of aromatic nitrogens is 4. The lowest BCUT2D eigenvalue weighted by Crippen LogP contribution is -2.27. The number of Topliss-reactive ketones (excluding diaryl/α,β-unsaturated/α-hetero) is 2. The number of pyridine rings is 4. The number of fused-ring (bicyclic) bond motifs is 1. The summed E-state index contributed by atoms with van der Waals surface area (Å²) in [5.41, 5.74) is 3.58. The van der Waals surface area contributed by atoms with Crippen molar-refractivity contribution in [3.05, 3.63) is 242 Å². The van der Waals surface area contributed by atoms with Gasteiger partial charge in [0.05, 0.1) is 24.4 Å². The van der Waals surface area contributed by atoms with E-state index >= 15 is 0 Å². The van der Waals surface area contributed by atoms with Crippen LogP contribution < -0.4 is 0 Å². The van der Waals surface area contributed by atoms with Crippen molar-refractivity contribution in [2.75, 3.05) is 0 Å².